The molecule has 2 heterocycles. The molecule has 2 aliphatic rings. The molecule has 104 valence electrons. The number of anilines is 1. The number of nitrogens with zero attached hydrogens (tertiary/aromatic N) is 1. The summed E-state index contributed by atoms with van der Waals surface area (Å²) < 4.78 is 10.8. The van der Waals surface area contributed by atoms with Crippen LogP contribution in [0, 0.1) is 0 Å². The van der Waals surface area contributed by atoms with Gasteiger partial charge >= 0.3 is 0 Å². The molecule has 2 aliphatic heterocycles. The molecule has 0 spiro atoms. The average Bonchev–Trinajstić information content (AvgIpc) is 2.92. The number of benzene rings is 1. The molecular weight excluding hydrogens is 240 g/mol. The fourth-order valence-corrected chi connectivity index (χ4v) is 2.81. The van der Waals surface area contributed by atoms with Crippen LogP contribution in [0.2, 0.25) is 0 Å². The van der Waals surface area contributed by atoms with Crippen LogP contribution in [0.1, 0.15) is 26.2 Å². The van der Waals surface area contributed by atoms with Crippen LogP contribution in [0.5, 0.6) is 11.5 Å². The Bertz CT molecular complexity index is 436. The van der Waals surface area contributed by atoms with Crippen molar-refractivity contribution in [3.63, 3.8) is 0 Å². The Morgan fingerprint density at radius 1 is 1.32 bits per heavy atom. The average molecular weight is 262 g/mol. The Hall–Kier alpha value is -1.42. The fraction of sp³-hybridized carbons (Fsp3) is 0.600. The second-order valence-corrected chi connectivity index (χ2v) is 5.28. The maximum Gasteiger partial charge on any atom is 0.231 e. The van der Waals surface area contributed by atoms with Crippen molar-refractivity contribution in [1.82, 2.24) is 5.32 Å². The molecule has 1 N–H and O–H groups in total. The molecule has 0 aliphatic carbocycles. The van der Waals surface area contributed by atoms with Gasteiger partial charge < -0.3 is 19.7 Å². The number of hydrogen-bond acceptors (Lipinski definition) is 4. The van der Waals surface area contributed by atoms with Gasteiger partial charge in [-0.3, -0.25) is 0 Å². The van der Waals surface area contributed by atoms with Gasteiger partial charge in [0.15, 0.2) is 11.5 Å². The van der Waals surface area contributed by atoms with Crippen molar-refractivity contribution >= 4 is 5.69 Å². The van der Waals surface area contributed by atoms with Gasteiger partial charge in [0.05, 0.1) is 0 Å². The summed E-state index contributed by atoms with van der Waals surface area (Å²) in [4.78, 5) is 2.44. The third-order valence-electron chi connectivity index (χ3n) is 3.83. The Labute approximate surface area is 114 Å². The third-order valence-corrected chi connectivity index (χ3v) is 3.83. The summed E-state index contributed by atoms with van der Waals surface area (Å²) in [6.45, 7) is 5.88. The summed E-state index contributed by atoms with van der Waals surface area (Å²) >= 11 is 0. The number of rotatable bonds is 4. The topological polar surface area (TPSA) is 33.7 Å². The smallest absolute Gasteiger partial charge is 0.231 e. The highest BCUT2D eigenvalue weighted by Gasteiger charge is 2.21. The number of ether oxygens (including phenoxy) is 2. The second-order valence-electron chi connectivity index (χ2n) is 5.28. The molecule has 3 rings (SSSR count). The Morgan fingerprint density at radius 2 is 2.21 bits per heavy atom. The van der Waals surface area contributed by atoms with Gasteiger partial charge in [-0.05, 0) is 37.9 Å². The van der Waals surface area contributed by atoms with E-state index < -0.39 is 0 Å². The zero-order valence-electron chi connectivity index (χ0n) is 11.5. The van der Waals surface area contributed by atoms with Crippen LogP contribution in [0.25, 0.3) is 0 Å². The first-order valence-corrected chi connectivity index (χ1v) is 7.25. The lowest BCUT2D eigenvalue weighted by atomic mass is 10.0. The van der Waals surface area contributed by atoms with Gasteiger partial charge in [-0.1, -0.05) is 6.92 Å². The van der Waals surface area contributed by atoms with Crippen LogP contribution in [-0.2, 0) is 0 Å². The Morgan fingerprint density at radius 3 is 3.11 bits per heavy atom. The molecule has 0 amide bonds. The highest BCUT2D eigenvalue weighted by molar-refractivity contribution is 5.57. The molecule has 1 saturated heterocycles. The highest BCUT2D eigenvalue weighted by atomic mass is 16.7. The largest absolute Gasteiger partial charge is 0.454 e. The first kappa shape index (κ1) is 12.6. The van der Waals surface area contributed by atoms with E-state index in [0.717, 1.165) is 31.1 Å². The van der Waals surface area contributed by atoms with Crippen LogP contribution < -0.4 is 19.7 Å². The molecule has 0 bridgehead atoms. The van der Waals surface area contributed by atoms with Crippen LogP contribution >= 0.6 is 0 Å². The number of nitrogens with one attached hydrogen (secondary N) is 1. The molecule has 1 fully saturated rings. The first-order valence-electron chi connectivity index (χ1n) is 7.25. The van der Waals surface area contributed by atoms with E-state index >= 15 is 0 Å². The summed E-state index contributed by atoms with van der Waals surface area (Å²) in [7, 11) is 0. The van der Waals surface area contributed by atoms with E-state index in [2.05, 4.69) is 29.3 Å². The van der Waals surface area contributed by atoms with Crippen molar-refractivity contribution in [2.75, 3.05) is 31.3 Å². The van der Waals surface area contributed by atoms with Crippen LogP contribution in [0.4, 0.5) is 5.69 Å². The summed E-state index contributed by atoms with van der Waals surface area (Å²) in [6.07, 6.45) is 3.72. The number of fused-ring (bicyclic) bond motifs is 1. The van der Waals surface area contributed by atoms with Crippen molar-refractivity contribution in [2.24, 2.45) is 0 Å². The van der Waals surface area contributed by atoms with Crippen LogP contribution in [0.3, 0.4) is 0 Å². The molecule has 0 radical (unpaired) electrons. The predicted molar refractivity (Wildman–Crippen MR) is 76.1 cm³/mol. The highest BCUT2D eigenvalue weighted by Crippen LogP contribution is 2.36. The standard InChI is InChI=1S/C15H22N2O2/c1-2-7-16-12-4-3-8-17(10-12)13-5-6-14-15(9-13)19-11-18-14/h5-6,9,12,16H,2-4,7-8,10-11H2,1H3. The van der Waals surface area contributed by atoms with E-state index in [1.165, 1.54) is 24.9 Å². The van der Waals surface area contributed by atoms with Crippen LogP contribution in [-0.4, -0.2) is 32.5 Å². The van der Waals surface area contributed by atoms with E-state index in [0.29, 0.717) is 12.8 Å². The molecule has 0 aromatic heterocycles. The minimum atomic E-state index is 0.347. The molecular formula is C15H22N2O2. The lowest BCUT2D eigenvalue weighted by Crippen LogP contribution is -2.46. The molecule has 4 nitrogen and oxygen atoms in total. The van der Waals surface area contributed by atoms with E-state index in [1.807, 2.05) is 6.07 Å². The van der Waals surface area contributed by atoms with Crippen molar-refractivity contribution in [1.29, 1.82) is 0 Å². The summed E-state index contributed by atoms with van der Waals surface area (Å²) in [5.74, 6) is 1.74. The second kappa shape index (κ2) is 5.70. The van der Waals surface area contributed by atoms with E-state index in [-0.39, 0.29) is 0 Å². The van der Waals surface area contributed by atoms with Crippen molar-refractivity contribution < 1.29 is 9.47 Å². The Kier molecular flexibility index (Phi) is 3.78. The monoisotopic (exact) mass is 262 g/mol. The van der Waals surface area contributed by atoms with Gasteiger partial charge in [0.2, 0.25) is 6.79 Å². The summed E-state index contributed by atoms with van der Waals surface area (Å²) in [6, 6.07) is 6.86. The molecule has 1 unspecified atom stereocenters. The first-order chi connectivity index (χ1) is 9.36. The zero-order chi connectivity index (χ0) is 13.1. The SMILES string of the molecule is CCCNC1CCCN(c2ccc3c(c2)OCO3)C1. The van der Waals surface area contributed by atoms with Crippen molar-refractivity contribution in [2.45, 2.75) is 32.2 Å². The molecule has 19 heavy (non-hydrogen) atoms. The minimum absolute atomic E-state index is 0.347. The van der Waals surface area contributed by atoms with Gasteiger partial charge in [-0.25, -0.2) is 0 Å². The van der Waals surface area contributed by atoms with Crippen LogP contribution in [0.15, 0.2) is 18.2 Å². The van der Waals surface area contributed by atoms with Gasteiger partial charge in [0, 0.05) is 30.9 Å². The lowest BCUT2D eigenvalue weighted by Gasteiger charge is -2.35. The van der Waals surface area contributed by atoms with E-state index in [9.17, 15) is 0 Å². The maximum absolute atomic E-state index is 5.46. The zero-order valence-corrected chi connectivity index (χ0v) is 11.5. The predicted octanol–water partition coefficient (Wildman–Crippen LogP) is 2.38. The van der Waals surface area contributed by atoms with Gasteiger partial charge in [0.1, 0.15) is 0 Å². The molecule has 1 aromatic rings. The van der Waals surface area contributed by atoms with Crippen molar-refractivity contribution in [3.8, 4) is 11.5 Å². The molecule has 1 atom stereocenters. The maximum atomic E-state index is 5.46. The third kappa shape index (κ3) is 2.78. The van der Waals surface area contributed by atoms with Gasteiger partial charge in [-0.2, -0.15) is 0 Å². The number of piperidine rings is 1. The summed E-state index contributed by atoms with van der Waals surface area (Å²) in [5.41, 5.74) is 1.24. The van der Waals surface area contributed by atoms with Gasteiger partial charge in [-0.15, -0.1) is 0 Å². The van der Waals surface area contributed by atoms with Crippen molar-refractivity contribution in [3.05, 3.63) is 18.2 Å². The summed E-state index contributed by atoms with van der Waals surface area (Å²) in [5, 5.41) is 3.63. The quantitative estimate of drug-likeness (QED) is 0.903. The number of hydrogen-bond donors (Lipinski definition) is 1. The van der Waals surface area contributed by atoms with E-state index in [4.69, 9.17) is 9.47 Å². The normalized spacial score (nSPS) is 21.7. The molecule has 0 saturated carbocycles. The lowest BCUT2D eigenvalue weighted by molar-refractivity contribution is 0.174. The fourth-order valence-electron chi connectivity index (χ4n) is 2.81. The molecule has 1 aromatic carbocycles. The Balaban J connectivity index is 1.67. The minimum Gasteiger partial charge on any atom is -0.454 e. The molecule has 4 heteroatoms. The van der Waals surface area contributed by atoms with Gasteiger partial charge in [0.25, 0.3) is 0 Å². The van der Waals surface area contributed by atoms with E-state index in [1.54, 1.807) is 0 Å².